The number of carbonyl (C=O) groups excluding carboxylic acids is 1. The van der Waals surface area contributed by atoms with Crippen molar-refractivity contribution < 1.29 is 14.6 Å². The molecule has 0 spiro atoms. The molecule has 2 aliphatic rings. The van der Waals surface area contributed by atoms with Gasteiger partial charge in [-0.15, -0.1) is 11.3 Å². The standard InChI is InChI=1S/C17H19N3O3S/c1-9(17(22)20-15-5-11(21)6-18-15)10-2-3-12-14(4-10)23-7-13-16(12)24-8-19-13/h2-4,8-9,11,15,18,21H,5-7H2,1H3,(H,20,22)/t9-,11-,15+/m1/s1. The van der Waals surface area contributed by atoms with Crippen molar-refractivity contribution in [3.63, 3.8) is 0 Å². The number of aliphatic hydroxyl groups is 1. The second kappa shape index (κ2) is 6.16. The molecule has 3 N–H and O–H groups in total. The lowest BCUT2D eigenvalue weighted by molar-refractivity contribution is -0.123. The summed E-state index contributed by atoms with van der Waals surface area (Å²) in [6.45, 7) is 2.87. The van der Waals surface area contributed by atoms with Gasteiger partial charge in [-0.25, -0.2) is 4.98 Å². The molecule has 3 heterocycles. The minimum atomic E-state index is -0.392. The molecule has 1 aromatic heterocycles. The van der Waals surface area contributed by atoms with E-state index in [0.717, 1.165) is 27.4 Å². The maximum atomic E-state index is 12.4. The van der Waals surface area contributed by atoms with Gasteiger partial charge in [-0.2, -0.15) is 0 Å². The number of β-amino-alcohol motifs (C(OH)–C–C–N with tert-alkyl or cyclic N) is 1. The predicted molar refractivity (Wildman–Crippen MR) is 90.9 cm³/mol. The normalized spacial score (nSPS) is 23.1. The maximum Gasteiger partial charge on any atom is 0.228 e. The third-order valence-electron chi connectivity index (χ3n) is 4.57. The molecule has 1 fully saturated rings. The minimum absolute atomic E-state index is 0.0594. The van der Waals surface area contributed by atoms with Gasteiger partial charge < -0.3 is 15.2 Å². The molecule has 1 aromatic carbocycles. The number of amides is 1. The Labute approximate surface area is 143 Å². The van der Waals surface area contributed by atoms with Gasteiger partial charge in [-0.1, -0.05) is 6.07 Å². The lowest BCUT2D eigenvalue weighted by atomic mass is 9.97. The first-order valence-corrected chi connectivity index (χ1v) is 8.91. The number of nitrogens with one attached hydrogen (secondary N) is 2. The van der Waals surface area contributed by atoms with Crippen LogP contribution < -0.4 is 15.4 Å². The largest absolute Gasteiger partial charge is 0.487 e. The molecule has 3 atom stereocenters. The average Bonchev–Trinajstić information content (AvgIpc) is 3.22. The van der Waals surface area contributed by atoms with Gasteiger partial charge in [0, 0.05) is 18.5 Å². The number of fused-ring (bicyclic) bond motifs is 3. The summed E-state index contributed by atoms with van der Waals surface area (Å²) < 4.78 is 5.79. The Kier molecular flexibility index (Phi) is 3.99. The van der Waals surface area contributed by atoms with E-state index in [4.69, 9.17) is 4.74 Å². The maximum absolute atomic E-state index is 12.4. The highest BCUT2D eigenvalue weighted by Gasteiger charge is 2.27. The summed E-state index contributed by atoms with van der Waals surface area (Å²) in [7, 11) is 0. The number of aromatic nitrogens is 1. The number of thiazole rings is 1. The Morgan fingerprint density at radius 3 is 3.21 bits per heavy atom. The summed E-state index contributed by atoms with van der Waals surface area (Å²) in [5.41, 5.74) is 4.75. The van der Waals surface area contributed by atoms with Gasteiger partial charge in [0.1, 0.15) is 12.4 Å². The fourth-order valence-electron chi connectivity index (χ4n) is 3.13. The molecule has 1 saturated heterocycles. The molecule has 0 aliphatic carbocycles. The average molecular weight is 345 g/mol. The topological polar surface area (TPSA) is 83.5 Å². The predicted octanol–water partition coefficient (Wildman–Crippen LogP) is 1.60. The van der Waals surface area contributed by atoms with Gasteiger partial charge in [0.25, 0.3) is 0 Å². The Hall–Kier alpha value is -1.96. The number of carbonyl (C=O) groups is 1. The van der Waals surface area contributed by atoms with Crippen LogP contribution in [-0.2, 0) is 11.4 Å². The SMILES string of the molecule is C[C@@H](C(=O)N[C@H]1C[C@@H](O)CN1)c1ccc2c(c1)OCc1ncsc1-2. The van der Waals surface area contributed by atoms with Gasteiger partial charge in [0.15, 0.2) is 0 Å². The van der Waals surface area contributed by atoms with Gasteiger partial charge in [-0.3, -0.25) is 10.1 Å². The van der Waals surface area contributed by atoms with Crippen LogP contribution in [-0.4, -0.2) is 34.8 Å². The Balaban J connectivity index is 1.51. The molecular formula is C17H19N3O3S. The van der Waals surface area contributed by atoms with Crippen molar-refractivity contribution in [2.45, 2.75) is 38.1 Å². The van der Waals surface area contributed by atoms with Gasteiger partial charge >= 0.3 is 0 Å². The van der Waals surface area contributed by atoms with Crippen molar-refractivity contribution in [3.05, 3.63) is 35.0 Å². The lowest BCUT2D eigenvalue weighted by Gasteiger charge is -2.20. The van der Waals surface area contributed by atoms with Crippen LogP contribution in [0.4, 0.5) is 0 Å². The van der Waals surface area contributed by atoms with Crippen molar-refractivity contribution in [3.8, 4) is 16.2 Å². The zero-order valence-corrected chi connectivity index (χ0v) is 14.1. The van der Waals surface area contributed by atoms with Gasteiger partial charge in [0.05, 0.1) is 34.3 Å². The molecular weight excluding hydrogens is 326 g/mol. The summed E-state index contributed by atoms with van der Waals surface area (Å²) in [5.74, 6) is 0.454. The molecule has 1 amide bonds. The third kappa shape index (κ3) is 2.79. The monoisotopic (exact) mass is 345 g/mol. The third-order valence-corrected chi connectivity index (χ3v) is 5.48. The number of rotatable bonds is 3. The van der Waals surface area contributed by atoms with Crippen molar-refractivity contribution in [2.24, 2.45) is 0 Å². The van der Waals surface area contributed by atoms with E-state index in [-0.39, 0.29) is 18.0 Å². The lowest BCUT2D eigenvalue weighted by Crippen LogP contribution is -2.43. The van der Waals surface area contributed by atoms with Crippen LogP contribution in [0, 0.1) is 0 Å². The second-order valence-corrected chi connectivity index (χ2v) is 7.11. The van der Waals surface area contributed by atoms with Gasteiger partial charge in [-0.05, 0) is 24.6 Å². The number of hydrogen-bond donors (Lipinski definition) is 3. The van der Waals surface area contributed by atoms with Crippen LogP contribution >= 0.6 is 11.3 Å². The zero-order valence-electron chi connectivity index (χ0n) is 13.3. The highest BCUT2D eigenvalue weighted by atomic mass is 32.1. The first-order valence-electron chi connectivity index (χ1n) is 8.03. The zero-order chi connectivity index (χ0) is 16.7. The molecule has 7 heteroatoms. The van der Waals surface area contributed by atoms with Crippen molar-refractivity contribution in [2.75, 3.05) is 6.54 Å². The molecule has 0 saturated carbocycles. The molecule has 4 rings (SSSR count). The van der Waals surface area contributed by atoms with Crippen molar-refractivity contribution in [1.29, 1.82) is 0 Å². The number of benzene rings is 1. The van der Waals surface area contributed by atoms with Crippen LogP contribution in [0.3, 0.4) is 0 Å². The summed E-state index contributed by atoms with van der Waals surface area (Å²) in [6, 6.07) is 5.92. The van der Waals surface area contributed by atoms with E-state index in [0.29, 0.717) is 19.6 Å². The first-order chi connectivity index (χ1) is 11.6. The van der Waals surface area contributed by atoms with Crippen LogP contribution in [0.15, 0.2) is 23.7 Å². The number of nitrogens with zero attached hydrogens (tertiary/aromatic N) is 1. The van der Waals surface area contributed by atoms with Gasteiger partial charge in [0.2, 0.25) is 5.91 Å². The van der Waals surface area contributed by atoms with E-state index in [1.807, 2.05) is 30.6 Å². The number of ether oxygens (including phenoxy) is 1. The fourth-order valence-corrected chi connectivity index (χ4v) is 3.96. The molecule has 2 aromatic rings. The van der Waals surface area contributed by atoms with Crippen molar-refractivity contribution in [1.82, 2.24) is 15.6 Å². The number of hydrogen-bond acceptors (Lipinski definition) is 6. The number of aliphatic hydroxyl groups excluding tert-OH is 1. The molecule has 24 heavy (non-hydrogen) atoms. The van der Waals surface area contributed by atoms with Crippen LogP contribution in [0.5, 0.6) is 5.75 Å². The van der Waals surface area contributed by atoms with E-state index >= 15 is 0 Å². The highest BCUT2D eigenvalue weighted by Crippen LogP contribution is 2.40. The van der Waals surface area contributed by atoms with E-state index in [1.54, 1.807) is 11.3 Å². The summed E-state index contributed by atoms with van der Waals surface area (Å²) >= 11 is 1.61. The van der Waals surface area contributed by atoms with Crippen LogP contribution in [0.2, 0.25) is 0 Å². The Morgan fingerprint density at radius 1 is 1.54 bits per heavy atom. The molecule has 0 bridgehead atoms. The van der Waals surface area contributed by atoms with E-state index in [9.17, 15) is 9.90 Å². The van der Waals surface area contributed by atoms with Crippen molar-refractivity contribution >= 4 is 17.2 Å². The Morgan fingerprint density at radius 2 is 2.42 bits per heavy atom. The van der Waals surface area contributed by atoms with Crippen LogP contribution in [0.1, 0.15) is 30.5 Å². The summed E-state index contributed by atoms with van der Waals surface area (Å²) in [6.07, 6.45) is -0.0140. The summed E-state index contributed by atoms with van der Waals surface area (Å²) in [5, 5.41) is 15.6. The van der Waals surface area contributed by atoms with Crippen LogP contribution in [0.25, 0.3) is 10.4 Å². The first kappa shape index (κ1) is 15.6. The van der Waals surface area contributed by atoms with E-state index in [1.165, 1.54) is 0 Å². The molecule has 0 unspecified atom stereocenters. The summed E-state index contributed by atoms with van der Waals surface area (Å²) in [4.78, 5) is 17.9. The molecule has 2 aliphatic heterocycles. The second-order valence-electron chi connectivity index (χ2n) is 6.25. The van der Waals surface area contributed by atoms with E-state index in [2.05, 4.69) is 15.6 Å². The minimum Gasteiger partial charge on any atom is -0.487 e. The highest BCUT2D eigenvalue weighted by molar-refractivity contribution is 7.13. The van der Waals surface area contributed by atoms with E-state index < -0.39 is 6.10 Å². The molecule has 0 radical (unpaired) electrons. The quantitative estimate of drug-likeness (QED) is 0.787. The molecule has 6 nitrogen and oxygen atoms in total. The molecule has 126 valence electrons. The fraction of sp³-hybridized carbons (Fsp3) is 0.412. The smallest absolute Gasteiger partial charge is 0.228 e. The Bertz CT molecular complexity index is 776.